The molecule has 6 rings (SSSR count). The largest absolute Gasteiger partial charge is 0.0622 e. The number of hydrogen-bond donors (Lipinski definition) is 0. The first kappa shape index (κ1) is 23.5. The van der Waals surface area contributed by atoms with Gasteiger partial charge in [-0.1, -0.05) is 170 Å². The molecule has 0 spiro atoms. The van der Waals surface area contributed by atoms with Crippen molar-refractivity contribution in [3.8, 4) is 22.3 Å². The predicted octanol–water partition coefficient (Wildman–Crippen LogP) is 10.0. The fourth-order valence-electron chi connectivity index (χ4n) is 5.22. The van der Waals surface area contributed by atoms with E-state index >= 15 is 0 Å². The quantitative estimate of drug-likeness (QED) is 0.206. The third-order valence-electron chi connectivity index (χ3n) is 6.94. The number of benzene rings is 6. The Kier molecular flexibility index (Phi) is 6.78. The van der Waals surface area contributed by atoms with Crippen molar-refractivity contribution in [2.24, 2.45) is 0 Å². The van der Waals surface area contributed by atoms with Crippen molar-refractivity contribution in [1.29, 1.82) is 0 Å². The molecule has 0 bridgehead atoms. The van der Waals surface area contributed by atoms with E-state index < -0.39 is 0 Å². The fourth-order valence-corrected chi connectivity index (χ4v) is 5.22. The zero-order valence-electron chi connectivity index (χ0n) is 21.2. The average molecular weight is 485 g/mol. The Morgan fingerprint density at radius 2 is 0.553 bits per heavy atom. The molecule has 0 heterocycles. The summed E-state index contributed by atoms with van der Waals surface area (Å²) in [7, 11) is 0. The summed E-state index contributed by atoms with van der Waals surface area (Å²) >= 11 is 0. The third kappa shape index (κ3) is 4.73. The number of hydrogen-bond acceptors (Lipinski definition) is 0. The maximum absolute atomic E-state index is 2.26. The Labute approximate surface area is 225 Å². The van der Waals surface area contributed by atoms with Crippen LogP contribution in [-0.4, -0.2) is 0 Å². The SMILES string of the molecule is c1ccc(/C(=C(\c2ccccc2)c2ccccc2-c2ccccc2)c2ccccc2-c2ccccc2)cc1. The second-order valence-electron chi connectivity index (χ2n) is 9.31. The monoisotopic (exact) mass is 484 g/mol. The zero-order valence-corrected chi connectivity index (χ0v) is 21.2. The topological polar surface area (TPSA) is 0 Å². The highest BCUT2D eigenvalue weighted by atomic mass is 14.2. The van der Waals surface area contributed by atoms with E-state index in [0.717, 1.165) is 0 Å². The summed E-state index contributed by atoms with van der Waals surface area (Å²) in [6.07, 6.45) is 0. The van der Waals surface area contributed by atoms with Crippen LogP contribution in [0, 0.1) is 0 Å². The van der Waals surface area contributed by atoms with Crippen molar-refractivity contribution in [3.63, 3.8) is 0 Å². The molecule has 38 heavy (non-hydrogen) atoms. The second-order valence-corrected chi connectivity index (χ2v) is 9.31. The van der Waals surface area contributed by atoms with E-state index in [2.05, 4.69) is 170 Å². The van der Waals surface area contributed by atoms with Crippen molar-refractivity contribution >= 4 is 11.1 Å². The van der Waals surface area contributed by atoms with E-state index in [0.29, 0.717) is 0 Å². The van der Waals surface area contributed by atoms with Gasteiger partial charge in [0.1, 0.15) is 0 Å². The van der Waals surface area contributed by atoms with Crippen LogP contribution >= 0.6 is 0 Å². The van der Waals surface area contributed by atoms with Gasteiger partial charge in [0.25, 0.3) is 0 Å². The standard InChI is InChI=1S/C38H28/c1-5-17-29(18-6-1)33-25-13-15-27-35(33)37(31-21-9-3-10-22-31)38(32-23-11-4-12-24-32)36-28-16-14-26-34(36)30-19-7-2-8-20-30/h1-28H/b38-37-. The van der Waals surface area contributed by atoms with Crippen LogP contribution in [0.4, 0.5) is 0 Å². The van der Waals surface area contributed by atoms with Gasteiger partial charge in [0.05, 0.1) is 0 Å². The lowest BCUT2D eigenvalue weighted by Gasteiger charge is -2.22. The van der Waals surface area contributed by atoms with Gasteiger partial charge in [0.15, 0.2) is 0 Å². The first-order valence-electron chi connectivity index (χ1n) is 13.0. The van der Waals surface area contributed by atoms with Crippen LogP contribution in [-0.2, 0) is 0 Å². The van der Waals surface area contributed by atoms with Gasteiger partial charge in [-0.15, -0.1) is 0 Å². The van der Waals surface area contributed by atoms with Crippen molar-refractivity contribution in [3.05, 3.63) is 192 Å². The van der Waals surface area contributed by atoms with E-state index in [1.165, 1.54) is 55.7 Å². The maximum atomic E-state index is 2.26. The predicted molar refractivity (Wildman–Crippen MR) is 162 cm³/mol. The Balaban J connectivity index is 1.76. The normalized spacial score (nSPS) is 11.6. The van der Waals surface area contributed by atoms with E-state index in [1.807, 2.05) is 0 Å². The van der Waals surface area contributed by atoms with Crippen molar-refractivity contribution < 1.29 is 0 Å². The smallest absolute Gasteiger partial charge is 0.00204 e. The zero-order chi connectivity index (χ0) is 25.6. The Morgan fingerprint density at radius 1 is 0.263 bits per heavy atom. The summed E-state index contributed by atoms with van der Waals surface area (Å²) in [5.41, 5.74) is 12.1. The van der Waals surface area contributed by atoms with Gasteiger partial charge in [-0.05, 0) is 55.7 Å². The van der Waals surface area contributed by atoms with Gasteiger partial charge in [-0.3, -0.25) is 0 Å². The molecule has 6 aromatic carbocycles. The molecule has 0 nitrogen and oxygen atoms in total. The summed E-state index contributed by atoms with van der Waals surface area (Å²) < 4.78 is 0. The first-order valence-corrected chi connectivity index (χ1v) is 13.0. The average Bonchev–Trinajstić information content (AvgIpc) is 3.02. The van der Waals surface area contributed by atoms with Gasteiger partial charge < -0.3 is 0 Å². The van der Waals surface area contributed by atoms with Crippen molar-refractivity contribution in [2.45, 2.75) is 0 Å². The summed E-state index contributed by atoms with van der Waals surface area (Å²) in [6.45, 7) is 0. The Morgan fingerprint density at radius 3 is 0.921 bits per heavy atom. The molecule has 0 fully saturated rings. The van der Waals surface area contributed by atoms with Crippen LogP contribution in [0.25, 0.3) is 33.4 Å². The molecule has 0 atom stereocenters. The minimum atomic E-state index is 1.19. The molecule has 6 aromatic rings. The highest BCUT2D eigenvalue weighted by Crippen LogP contribution is 2.43. The molecule has 0 saturated carbocycles. The van der Waals surface area contributed by atoms with Crippen LogP contribution < -0.4 is 0 Å². The van der Waals surface area contributed by atoms with Crippen molar-refractivity contribution in [2.75, 3.05) is 0 Å². The molecule has 0 aliphatic carbocycles. The summed E-state index contributed by atoms with van der Waals surface area (Å²) in [6, 6.07) is 60.6. The summed E-state index contributed by atoms with van der Waals surface area (Å²) in [5.74, 6) is 0. The lowest BCUT2D eigenvalue weighted by atomic mass is 9.81. The van der Waals surface area contributed by atoms with Gasteiger partial charge in [-0.25, -0.2) is 0 Å². The van der Waals surface area contributed by atoms with Crippen LogP contribution in [0.1, 0.15) is 22.3 Å². The first-order chi connectivity index (χ1) is 18.9. The summed E-state index contributed by atoms with van der Waals surface area (Å²) in [4.78, 5) is 0. The molecule has 0 aliphatic heterocycles. The molecular formula is C38H28. The molecule has 0 N–H and O–H groups in total. The van der Waals surface area contributed by atoms with Crippen molar-refractivity contribution in [1.82, 2.24) is 0 Å². The van der Waals surface area contributed by atoms with Gasteiger partial charge >= 0.3 is 0 Å². The van der Waals surface area contributed by atoms with Gasteiger partial charge in [0, 0.05) is 0 Å². The van der Waals surface area contributed by atoms with E-state index in [4.69, 9.17) is 0 Å². The van der Waals surface area contributed by atoms with Crippen LogP contribution in [0.2, 0.25) is 0 Å². The summed E-state index contributed by atoms with van der Waals surface area (Å²) in [5, 5.41) is 0. The van der Waals surface area contributed by atoms with E-state index in [9.17, 15) is 0 Å². The minimum absolute atomic E-state index is 1.19. The Bertz CT molecular complexity index is 1530. The fraction of sp³-hybridized carbons (Fsp3) is 0. The molecule has 0 saturated heterocycles. The lowest BCUT2D eigenvalue weighted by molar-refractivity contribution is 1.49. The van der Waals surface area contributed by atoms with Crippen LogP contribution in [0.5, 0.6) is 0 Å². The molecular weight excluding hydrogens is 456 g/mol. The molecule has 0 aliphatic rings. The van der Waals surface area contributed by atoms with Gasteiger partial charge in [-0.2, -0.15) is 0 Å². The highest BCUT2D eigenvalue weighted by Gasteiger charge is 2.21. The molecule has 0 heteroatoms. The van der Waals surface area contributed by atoms with Crippen LogP contribution in [0.3, 0.4) is 0 Å². The molecule has 0 unspecified atom stereocenters. The minimum Gasteiger partial charge on any atom is -0.0622 e. The molecule has 180 valence electrons. The van der Waals surface area contributed by atoms with E-state index in [-0.39, 0.29) is 0 Å². The maximum Gasteiger partial charge on any atom is -0.00204 e. The highest BCUT2D eigenvalue weighted by molar-refractivity contribution is 6.09. The third-order valence-corrected chi connectivity index (χ3v) is 6.94. The Hall–Kier alpha value is -4.94. The lowest BCUT2D eigenvalue weighted by Crippen LogP contribution is -2.00. The van der Waals surface area contributed by atoms with Crippen LogP contribution in [0.15, 0.2) is 170 Å². The van der Waals surface area contributed by atoms with Gasteiger partial charge in [0.2, 0.25) is 0 Å². The molecule has 0 radical (unpaired) electrons. The van der Waals surface area contributed by atoms with E-state index in [1.54, 1.807) is 0 Å². The molecule has 0 amide bonds. The number of rotatable bonds is 6. The second kappa shape index (κ2) is 11.0. The molecule has 0 aromatic heterocycles.